The predicted molar refractivity (Wildman–Crippen MR) is 71.5 cm³/mol. The highest BCUT2D eigenvalue weighted by Gasteiger charge is 2.34. The van der Waals surface area contributed by atoms with Gasteiger partial charge in [-0.1, -0.05) is 13.0 Å². The molecule has 1 atom stereocenters. The molecule has 0 aliphatic carbocycles. The summed E-state index contributed by atoms with van der Waals surface area (Å²) in [6.07, 6.45) is 1.75. The first-order valence-corrected chi connectivity index (χ1v) is 6.64. The summed E-state index contributed by atoms with van der Waals surface area (Å²) in [5.74, 6) is -1.13. The highest BCUT2D eigenvalue weighted by Crippen LogP contribution is 2.28. The van der Waals surface area contributed by atoms with E-state index in [-0.39, 0.29) is 17.5 Å². The van der Waals surface area contributed by atoms with Crippen LogP contribution in [0.5, 0.6) is 0 Å². The van der Waals surface area contributed by atoms with E-state index in [1.807, 2.05) is 6.92 Å². The van der Waals surface area contributed by atoms with Crippen molar-refractivity contribution in [2.45, 2.75) is 33.1 Å². The zero-order valence-electron chi connectivity index (χ0n) is 11.3. The van der Waals surface area contributed by atoms with Crippen LogP contribution in [0.3, 0.4) is 0 Å². The lowest BCUT2D eigenvalue weighted by molar-refractivity contribution is -0.133. The van der Waals surface area contributed by atoms with E-state index >= 15 is 0 Å². The number of carbonyl (C=O) groups excluding carboxylic acids is 2. The van der Waals surface area contributed by atoms with Gasteiger partial charge >= 0.3 is 0 Å². The lowest BCUT2D eigenvalue weighted by atomic mass is 9.91. The Hall–Kier alpha value is -1.71. The van der Waals surface area contributed by atoms with Crippen LogP contribution in [0.4, 0.5) is 10.1 Å². The van der Waals surface area contributed by atoms with Gasteiger partial charge in [0.05, 0.1) is 5.92 Å². The highest BCUT2D eigenvalue weighted by atomic mass is 19.1. The summed E-state index contributed by atoms with van der Waals surface area (Å²) in [4.78, 5) is 25.7. The molecule has 1 amide bonds. The Morgan fingerprint density at radius 1 is 1.47 bits per heavy atom. The quantitative estimate of drug-likeness (QED) is 0.786. The fraction of sp³-hybridized carbons (Fsp3) is 0.467. The molecular formula is C15H18FNO2. The summed E-state index contributed by atoms with van der Waals surface area (Å²) >= 11 is 0. The smallest absolute Gasteiger partial charge is 0.237 e. The van der Waals surface area contributed by atoms with Gasteiger partial charge in [-0.05, 0) is 37.5 Å². The van der Waals surface area contributed by atoms with Crippen molar-refractivity contribution in [3.05, 3.63) is 29.6 Å². The minimum absolute atomic E-state index is 0.0243. The highest BCUT2D eigenvalue weighted by molar-refractivity contribution is 6.09. The number of nitrogens with zero attached hydrogens (tertiary/aromatic N) is 1. The van der Waals surface area contributed by atoms with Crippen molar-refractivity contribution in [1.29, 1.82) is 0 Å². The van der Waals surface area contributed by atoms with Crippen molar-refractivity contribution < 1.29 is 14.0 Å². The molecule has 102 valence electrons. The molecule has 0 bridgehead atoms. The van der Waals surface area contributed by atoms with Gasteiger partial charge in [-0.15, -0.1) is 0 Å². The minimum Gasteiger partial charge on any atom is -0.311 e. The largest absolute Gasteiger partial charge is 0.311 e. The molecular weight excluding hydrogens is 245 g/mol. The Labute approximate surface area is 112 Å². The Kier molecular flexibility index (Phi) is 3.98. The Balaban J connectivity index is 2.31. The normalized spacial score (nSPS) is 19.6. The SMILES string of the molecule is CCC(=O)C1CCCN(c2cc(F)ccc2C)C1=O. The maximum absolute atomic E-state index is 13.3. The first-order valence-electron chi connectivity index (χ1n) is 6.64. The maximum Gasteiger partial charge on any atom is 0.237 e. The second-order valence-corrected chi connectivity index (χ2v) is 4.94. The number of piperidine rings is 1. The number of anilines is 1. The van der Waals surface area contributed by atoms with E-state index in [9.17, 15) is 14.0 Å². The van der Waals surface area contributed by atoms with Crippen LogP contribution >= 0.6 is 0 Å². The molecule has 19 heavy (non-hydrogen) atoms. The average molecular weight is 263 g/mol. The lowest BCUT2D eigenvalue weighted by Gasteiger charge is -2.32. The van der Waals surface area contributed by atoms with E-state index < -0.39 is 5.92 Å². The van der Waals surface area contributed by atoms with E-state index in [4.69, 9.17) is 0 Å². The first kappa shape index (κ1) is 13.7. The molecule has 1 aliphatic heterocycles. The van der Waals surface area contributed by atoms with Crippen LogP contribution in [-0.2, 0) is 9.59 Å². The van der Waals surface area contributed by atoms with Gasteiger partial charge in [-0.3, -0.25) is 9.59 Å². The third-order valence-corrected chi connectivity index (χ3v) is 3.64. The Morgan fingerprint density at radius 2 is 2.21 bits per heavy atom. The first-order chi connectivity index (χ1) is 9.04. The third-order valence-electron chi connectivity index (χ3n) is 3.64. The van der Waals surface area contributed by atoms with Gasteiger partial charge in [0.15, 0.2) is 0 Å². The number of amides is 1. The average Bonchev–Trinajstić information content (AvgIpc) is 2.41. The molecule has 1 aliphatic rings. The molecule has 1 fully saturated rings. The van der Waals surface area contributed by atoms with Crippen LogP contribution in [0.1, 0.15) is 31.7 Å². The minimum atomic E-state index is -0.554. The fourth-order valence-corrected chi connectivity index (χ4v) is 2.53. The van der Waals surface area contributed by atoms with Crippen LogP contribution < -0.4 is 4.90 Å². The summed E-state index contributed by atoms with van der Waals surface area (Å²) in [6.45, 7) is 4.16. The predicted octanol–water partition coefficient (Wildman–Crippen LogP) is 2.86. The van der Waals surface area contributed by atoms with Gasteiger partial charge in [-0.2, -0.15) is 0 Å². The molecule has 1 aromatic rings. The molecule has 4 heteroatoms. The monoisotopic (exact) mass is 263 g/mol. The molecule has 0 N–H and O–H groups in total. The van der Waals surface area contributed by atoms with Crippen LogP contribution in [-0.4, -0.2) is 18.2 Å². The number of hydrogen-bond acceptors (Lipinski definition) is 2. The van der Waals surface area contributed by atoms with Crippen LogP contribution in [0, 0.1) is 18.7 Å². The molecule has 0 aromatic heterocycles. The molecule has 0 radical (unpaired) electrons. The number of carbonyl (C=O) groups is 2. The number of halogens is 1. The summed E-state index contributed by atoms with van der Waals surface area (Å²) in [6, 6.07) is 4.40. The third kappa shape index (κ3) is 2.67. The van der Waals surface area contributed by atoms with Crippen molar-refractivity contribution in [2.75, 3.05) is 11.4 Å². The number of hydrogen-bond donors (Lipinski definition) is 0. The van der Waals surface area contributed by atoms with Crippen LogP contribution in [0.25, 0.3) is 0 Å². The number of Topliss-reactive ketones (excluding diaryl/α,β-unsaturated/α-hetero) is 1. The molecule has 1 aromatic carbocycles. The zero-order valence-corrected chi connectivity index (χ0v) is 11.3. The van der Waals surface area contributed by atoms with Gasteiger partial charge in [0.1, 0.15) is 11.6 Å². The van der Waals surface area contributed by atoms with Crippen molar-refractivity contribution in [2.24, 2.45) is 5.92 Å². The second-order valence-electron chi connectivity index (χ2n) is 4.94. The van der Waals surface area contributed by atoms with Crippen molar-refractivity contribution >= 4 is 17.4 Å². The summed E-state index contributed by atoms with van der Waals surface area (Å²) in [7, 11) is 0. The summed E-state index contributed by atoms with van der Waals surface area (Å²) in [5.41, 5.74) is 1.43. The van der Waals surface area contributed by atoms with E-state index in [0.29, 0.717) is 25.1 Å². The fourth-order valence-electron chi connectivity index (χ4n) is 2.53. The van der Waals surface area contributed by atoms with Gasteiger partial charge < -0.3 is 4.90 Å². The molecule has 2 rings (SSSR count). The molecule has 1 unspecified atom stereocenters. The number of benzene rings is 1. The van der Waals surface area contributed by atoms with Crippen molar-refractivity contribution in [1.82, 2.24) is 0 Å². The number of aryl methyl sites for hydroxylation is 1. The van der Waals surface area contributed by atoms with Crippen LogP contribution in [0.2, 0.25) is 0 Å². The zero-order chi connectivity index (χ0) is 14.0. The summed E-state index contributed by atoms with van der Waals surface area (Å²) in [5, 5.41) is 0. The topological polar surface area (TPSA) is 37.4 Å². The van der Waals surface area contributed by atoms with Crippen LogP contribution in [0.15, 0.2) is 18.2 Å². The molecule has 1 heterocycles. The van der Waals surface area contributed by atoms with E-state index in [2.05, 4.69) is 0 Å². The van der Waals surface area contributed by atoms with Crippen molar-refractivity contribution in [3.63, 3.8) is 0 Å². The Bertz CT molecular complexity index is 513. The van der Waals surface area contributed by atoms with Gasteiger partial charge in [0.2, 0.25) is 5.91 Å². The molecule has 1 saturated heterocycles. The molecule has 0 saturated carbocycles. The second kappa shape index (κ2) is 5.51. The lowest BCUT2D eigenvalue weighted by Crippen LogP contribution is -2.44. The maximum atomic E-state index is 13.3. The molecule has 3 nitrogen and oxygen atoms in total. The van der Waals surface area contributed by atoms with Gasteiger partial charge in [-0.25, -0.2) is 4.39 Å². The van der Waals surface area contributed by atoms with E-state index in [1.54, 1.807) is 17.9 Å². The van der Waals surface area contributed by atoms with E-state index in [1.165, 1.54) is 12.1 Å². The van der Waals surface area contributed by atoms with Crippen molar-refractivity contribution in [3.8, 4) is 0 Å². The number of ketones is 1. The Morgan fingerprint density at radius 3 is 2.89 bits per heavy atom. The number of rotatable bonds is 3. The van der Waals surface area contributed by atoms with Gasteiger partial charge in [0.25, 0.3) is 0 Å². The van der Waals surface area contributed by atoms with Gasteiger partial charge in [0, 0.05) is 18.7 Å². The standard InChI is InChI=1S/C15H18FNO2/c1-3-14(18)12-5-4-8-17(15(12)19)13-9-11(16)7-6-10(13)2/h6-7,9,12H,3-5,8H2,1-2H3. The molecule has 0 spiro atoms. The summed E-state index contributed by atoms with van der Waals surface area (Å²) < 4.78 is 13.3. The van der Waals surface area contributed by atoms with E-state index in [0.717, 1.165) is 12.0 Å².